The van der Waals surface area contributed by atoms with E-state index < -0.39 is 0 Å². The van der Waals surface area contributed by atoms with Crippen molar-refractivity contribution in [3.05, 3.63) is 23.9 Å². The van der Waals surface area contributed by atoms with Crippen LogP contribution in [0.4, 0.5) is 5.82 Å². The van der Waals surface area contributed by atoms with E-state index in [2.05, 4.69) is 35.1 Å². The number of pyridine rings is 1. The summed E-state index contributed by atoms with van der Waals surface area (Å²) in [4.78, 5) is 7.01. The first-order chi connectivity index (χ1) is 8.22. The molecule has 2 rings (SSSR count). The van der Waals surface area contributed by atoms with Crippen LogP contribution in [-0.4, -0.2) is 25.1 Å². The molecule has 0 amide bonds. The van der Waals surface area contributed by atoms with Crippen molar-refractivity contribution in [1.82, 2.24) is 10.3 Å². The van der Waals surface area contributed by atoms with E-state index in [1.165, 1.54) is 17.8 Å². The summed E-state index contributed by atoms with van der Waals surface area (Å²) in [5.74, 6) is 2.76. The SMILES string of the molecule is CNCc1cccnc1N1CCC(C)C(C)C1. The van der Waals surface area contributed by atoms with Gasteiger partial charge in [-0.3, -0.25) is 0 Å². The van der Waals surface area contributed by atoms with Crippen molar-refractivity contribution in [2.24, 2.45) is 11.8 Å². The molecule has 0 aromatic carbocycles. The van der Waals surface area contributed by atoms with Crippen molar-refractivity contribution >= 4 is 5.82 Å². The number of aromatic nitrogens is 1. The summed E-state index contributed by atoms with van der Waals surface area (Å²) in [6.45, 7) is 7.87. The van der Waals surface area contributed by atoms with Crippen molar-refractivity contribution in [2.45, 2.75) is 26.8 Å². The van der Waals surface area contributed by atoms with Crippen molar-refractivity contribution in [3.8, 4) is 0 Å². The number of rotatable bonds is 3. The molecule has 3 heteroatoms. The fraction of sp³-hybridized carbons (Fsp3) is 0.643. The summed E-state index contributed by atoms with van der Waals surface area (Å²) < 4.78 is 0. The van der Waals surface area contributed by atoms with Gasteiger partial charge in [0.1, 0.15) is 5.82 Å². The fourth-order valence-electron chi connectivity index (χ4n) is 2.50. The maximum absolute atomic E-state index is 4.57. The molecule has 17 heavy (non-hydrogen) atoms. The van der Waals surface area contributed by atoms with E-state index in [4.69, 9.17) is 0 Å². The molecule has 1 N–H and O–H groups in total. The third kappa shape index (κ3) is 2.78. The summed E-state index contributed by atoms with van der Waals surface area (Å²) in [6, 6.07) is 4.19. The number of nitrogens with zero attached hydrogens (tertiary/aromatic N) is 2. The summed E-state index contributed by atoms with van der Waals surface area (Å²) in [6.07, 6.45) is 3.17. The molecule has 0 bridgehead atoms. The number of anilines is 1. The van der Waals surface area contributed by atoms with Gasteiger partial charge in [-0.1, -0.05) is 19.9 Å². The lowest BCUT2D eigenvalue weighted by atomic mass is 9.88. The molecule has 0 aliphatic carbocycles. The Kier molecular flexibility index (Phi) is 4.00. The van der Waals surface area contributed by atoms with Crippen LogP contribution in [0.2, 0.25) is 0 Å². The van der Waals surface area contributed by atoms with Gasteiger partial charge in [-0.2, -0.15) is 0 Å². The molecule has 0 radical (unpaired) electrons. The highest BCUT2D eigenvalue weighted by Crippen LogP contribution is 2.27. The van der Waals surface area contributed by atoms with Crippen LogP contribution in [0.15, 0.2) is 18.3 Å². The van der Waals surface area contributed by atoms with Crippen molar-refractivity contribution < 1.29 is 0 Å². The van der Waals surface area contributed by atoms with Crippen LogP contribution in [-0.2, 0) is 6.54 Å². The second-order valence-electron chi connectivity index (χ2n) is 5.21. The van der Waals surface area contributed by atoms with Gasteiger partial charge in [0.25, 0.3) is 0 Å². The number of nitrogens with one attached hydrogen (secondary N) is 1. The average molecular weight is 233 g/mol. The van der Waals surface area contributed by atoms with Crippen molar-refractivity contribution in [2.75, 3.05) is 25.0 Å². The molecule has 2 unspecified atom stereocenters. The summed E-state index contributed by atoms with van der Waals surface area (Å²) in [7, 11) is 1.98. The molecule has 3 nitrogen and oxygen atoms in total. The highest BCUT2D eigenvalue weighted by Gasteiger charge is 2.24. The zero-order valence-corrected chi connectivity index (χ0v) is 11.1. The predicted octanol–water partition coefficient (Wildman–Crippen LogP) is 2.28. The van der Waals surface area contributed by atoms with Crippen molar-refractivity contribution in [1.29, 1.82) is 0 Å². The lowest BCUT2D eigenvalue weighted by Crippen LogP contribution is -2.39. The maximum Gasteiger partial charge on any atom is 0.133 e. The maximum atomic E-state index is 4.57. The van der Waals surface area contributed by atoms with E-state index in [9.17, 15) is 0 Å². The van der Waals surface area contributed by atoms with Crippen LogP contribution < -0.4 is 10.2 Å². The lowest BCUT2D eigenvalue weighted by molar-refractivity contribution is 0.322. The zero-order valence-electron chi connectivity index (χ0n) is 11.1. The van der Waals surface area contributed by atoms with Gasteiger partial charge in [0.05, 0.1) is 0 Å². The van der Waals surface area contributed by atoms with Crippen molar-refractivity contribution in [3.63, 3.8) is 0 Å². The Labute approximate surface area is 104 Å². The first kappa shape index (κ1) is 12.4. The van der Waals surface area contributed by atoms with Gasteiger partial charge in [0.2, 0.25) is 0 Å². The van der Waals surface area contributed by atoms with Gasteiger partial charge < -0.3 is 10.2 Å². The van der Waals surface area contributed by atoms with Crippen LogP contribution in [0.1, 0.15) is 25.8 Å². The molecule has 1 aliphatic rings. The minimum Gasteiger partial charge on any atom is -0.356 e. The van der Waals surface area contributed by atoms with Crippen LogP contribution in [0.3, 0.4) is 0 Å². The van der Waals surface area contributed by atoms with Crippen LogP contribution in [0.25, 0.3) is 0 Å². The van der Waals surface area contributed by atoms with E-state index in [1.54, 1.807) is 0 Å². The minimum atomic E-state index is 0.758. The third-order valence-corrected chi connectivity index (χ3v) is 3.87. The van der Waals surface area contributed by atoms with Gasteiger partial charge >= 0.3 is 0 Å². The van der Waals surface area contributed by atoms with Gasteiger partial charge in [0, 0.05) is 31.4 Å². The Morgan fingerprint density at radius 3 is 2.94 bits per heavy atom. The van der Waals surface area contributed by atoms with Crippen LogP contribution >= 0.6 is 0 Å². The molecule has 94 valence electrons. The summed E-state index contributed by atoms with van der Waals surface area (Å²) >= 11 is 0. The number of hydrogen-bond acceptors (Lipinski definition) is 3. The van der Waals surface area contributed by atoms with Gasteiger partial charge in [-0.15, -0.1) is 0 Å². The fourth-order valence-corrected chi connectivity index (χ4v) is 2.50. The Balaban J connectivity index is 2.16. The normalized spacial score (nSPS) is 25.0. The molecule has 0 saturated carbocycles. The topological polar surface area (TPSA) is 28.2 Å². The molecule has 1 aliphatic heterocycles. The first-order valence-corrected chi connectivity index (χ1v) is 6.55. The monoisotopic (exact) mass is 233 g/mol. The highest BCUT2D eigenvalue weighted by atomic mass is 15.2. The summed E-state index contributed by atoms with van der Waals surface area (Å²) in [5, 5.41) is 3.22. The lowest BCUT2D eigenvalue weighted by Gasteiger charge is -2.36. The Hall–Kier alpha value is -1.09. The van der Waals surface area contributed by atoms with Crippen LogP contribution in [0.5, 0.6) is 0 Å². The molecule has 2 heterocycles. The molecular formula is C14H23N3. The molecule has 1 aromatic rings. The van der Waals surface area contributed by atoms with E-state index in [1.807, 2.05) is 19.3 Å². The van der Waals surface area contributed by atoms with Gasteiger partial charge in [-0.25, -0.2) is 4.98 Å². The van der Waals surface area contributed by atoms with E-state index in [-0.39, 0.29) is 0 Å². The Bertz CT molecular complexity index is 364. The van der Waals surface area contributed by atoms with E-state index in [0.29, 0.717) is 0 Å². The molecule has 1 saturated heterocycles. The minimum absolute atomic E-state index is 0.758. The second kappa shape index (κ2) is 5.50. The largest absolute Gasteiger partial charge is 0.356 e. The second-order valence-corrected chi connectivity index (χ2v) is 5.21. The Morgan fingerprint density at radius 1 is 1.41 bits per heavy atom. The van der Waals surface area contributed by atoms with Crippen LogP contribution in [0, 0.1) is 11.8 Å². The quantitative estimate of drug-likeness (QED) is 0.868. The Morgan fingerprint density at radius 2 is 2.24 bits per heavy atom. The molecule has 2 atom stereocenters. The van der Waals surface area contributed by atoms with E-state index >= 15 is 0 Å². The number of hydrogen-bond donors (Lipinski definition) is 1. The third-order valence-electron chi connectivity index (χ3n) is 3.87. The summed E-state index contributed by atoms with van der Waals surface area (Å²) in [5.41, 5.74) is 1.30. The van der Waals surface area contributed by atoms with Gasteiger partial charge in [0.15, 0.2) is 0 Å². The molecule has 1 aromatic heterocycles. The zero-order chi connectivity index (χ0) is 12.3. The first-order valence-electron chi connectivity index (χ1n) is 6.55. The molecular weight excluding hydrogens is 210 g/mol. The van der Waals surface area contributed by atoms with E-state index in [0.717, 1.165) is 31.5 Å². The molecule has 1 fully saturated rings. The number of piperidine rings is 1. The highest BCUT2D eigenvalue weighted by molar-refractivity contribution is 5.47. The predicted molar refractivity (Wildman–Crippen MR) is 72.2 cm³/mol. The average Bonchev–Trinajstić information content (AvgIpc) is 2.34. The molecule has 0 spiro atoms. The van der Waals surface area contributed by atoms with Gasteiger partial charge in [-0.05, 0) is 31.4 Å². The standard InChI is InChI=1S/C14H23N3/c1-11-6-8-17(10-12(11)2)14-13(9-15-3)5-4-7-16-14/h4-5,7,11-12,15H,6,8-10H2,1-3H3. The smallest absolute Gasteiger partial charge is 0.133 e.